The molecule has 8 heteroatoms. The molecule has 6 nitrogen and oxygen atoms in total. The maximum Gasteiger partial charge on any atom is 0.339 e. The molecule has 0 spiro atoms. The highest BCUT2D eigenvalue weighted by Crippen LogP contribution is 2.38. The molecule has 0 fully saturated rings. The van der Waals surface area contributed by atoms with E-state index in [0.29, 0.717) is 5.02 Å². The smallest absolute Gasteiger partial charge is 0.339 e. The van der Waals surface area contributed by atoms with Crippen LogP contribution in [0, 0.1) is 11.7 Å². The lowest BCUT2D eigenvalue weighted by atomic mass is 9.84. The number of Topliss-reactive ketones (excluding diaryl/α,β-unsaturated/α-hetero) is 2. The highest BCUT2D eigenvalue weighted by Gasteiger charge is 2.46. The number of esters is 1. The predicted molar refractivity (Wildman–Crippen MR) is 114 cm³/mol. The van der Waals surface area contributed by atoms with Crippen LogP contribution < -0.4 is 5.32 Å². The lowest BCUT2D eigenvalue weighted by Gasteiger charge is -2.21. The third kappa shape index (κ3) is 4.02. The second kappa shape index (κ2) is 8.72. The first-order chi connectivity index (χ1) is 15.4. The van der Waals surface area contributed by atoms with Crippen molar-refractivity contribution in [3.8, 4) is 0 Å². The standard InChI is InChI=1S/C24H15ClFNO5/c25-13-9-11-14(12-10-13)27-23(30)21(29)19(20(28)17-7-3-4-8-18(17)26)22-15-5-1-2-6-16(15)24(31)32-22/h1-12,19,22H,(H,27,30)/t19-,22-/m0/s1. The molecule has 2 atom stereocenters. The number of cyclic esters (lactones) is 1. The van der Waals surface area contributed by atoms with Gasteiger partial charge in [0.1, 0.15) is 17.8 Å². The summed E-state index contributed by atoms with van der Waals surface area (Å²) < 4.78 is 19.7. The van der Waals surface area contributed by atoms with Crippen LogP contribution in [-0.4, -0.2) is 23.4 Å². The molecule has 0 bridgehead atoms. The molecule has 3 aromatic rings. The maximum atomic E-state index is 14.4. The predicted octanol–water partition coefficient (Wildman–Crippen LogP) is 4.40. The fraction of sp³-hybridized carbons (Fsp3) is 0.0833. The molecule has 0 radical (unpaired) electrons. The third-order valence-electron chi connectivity index (χ3n) is 5.05. The number of halogens is 2. The van der Waals surface area contributed by atoms with Crippen molar-refractivity contribution in [3.05, 3.63) is 100 Å². The SMILES string of the molecule is O=C(Nc1ccc(Cl)cc1)C(=O)[C@H](C(=O)c1ccccc1F)[C@H]1OC(=O)c2ccccc21. The van der Waals surface area contributed by atoms with Crippen LogP contribution in [0.2, 0.25) is 5.02 Å². The number of ketones is 2. The minimum Gasteiger partial charge on any atom is -0.453 e. The Labute approximate surface area is 187 Å². The van der Waals surface area contributed by atoms with Crippen LogP contribution in [0.1, 0.15) is 32.4 Å². The average molecular weight is 452 g/mol. The van der Waals surface area contributed by atoms with E-state index in [1.807, 2.05) is 0 Å². The monoisotopic (exact) mass is 451 g/mol. The molecule has 1 aliphatic heterocycles. The Morgan fingerprint density at radius 1 is 0.938 bits per heavy atom. The summed E-state index contributed by atoms with van der Waals surface area (Å²) in [5.41, 5.74) is 0.341. The molecule has 3 aromatic carbocycles. The first-order valence-corrected chi connectivity index (χ1v) is 9.94. The van der Waals surface area contributed by atoms with Crippen LogP contribution in [0.25, 0.3) is 0 Å². The second-order valence-corrected chi connectivity index (χ2v) is 7.50. The van der Waals surface area contributed by atoms with E-state index < -0.39 is 41.3 Å². The van der Waals surface area contributed by atoms with Gasteiger partial charge in [-0.3, -0.25) is 14.4 Å². The molecule has 160 valence electrons. The van der Waals surface area contributed by atoms with Gasteiger partial charge in [0.25, 0.3) is 5.91 Å². The number of nitrogens with one attached hydrogen (secondary N) is 1. The molecule has 0 saturated heterocycles. The molecule has 1 amide bonds. The summed E-state index contributed by atoms with van der Waals surface area (Å²) in [6.07, 6.45) is -1.37. The zero-order chi connectivity index (χ0) is 22.8. The number of hydrogen-bond donors (Lipinski definition) is 1. The molecule has 0 saturated carbocycles. The zero-order valence-electron chi connectivity index (χ0n) is 16.4. The van der Waals surface area contributed by atoms with Gasteiger partial charge in [0.05, 0.1) is 11.1 Å². The Morgan fingerprint density at radius 3 is 2.31 bits per heavy atom. The molecule has 0 aliphatic carbocycles. The van der Waals surface area contributed by atoms with Crippen LogP contribution >= 0.6 is 11.6 Å². The number of carbonyl (C=O) groups is 4. The topological polar surface area (TPSA) is 89.5 Å². The van der Waals surface area contributed by atoms with Gasteiger partial charge in [0.2, 0.25) is 5.78 Å². The molecule has 32 heavy (non-hydrogen) atoms. The van der Waals surface area contributed by atoms with Gasteiger partial charge in [-0.2, -0.15) is 0 Å². The molecule has 4 rings (SSSR count). The molecule has 0 unspecified atom stereocenters. The van der Waals surface area contributed by atoms with Gasteiger partial charge in [0.15, 0.2) is 5.78 Å². The van der Waals surface area contributed by atoms with E-state index in [1.165, 1.54) is 54.6 Å². The fourth-order valence-electron chi connectivity index (χ4n) is 3.51. The number of rotatable bonds is 6. The number of carbonyl (C=O) groups excluding carboxylic acids is 4. The minimum absolute atomic E-state index is 0.176. The van der Waals surface area contributed by atoms with Crippen molar-refractivity contribution in [2.24, 2.45) is 5.92 Å². The molecule has 0 aromatic heterocycles. The van der Waals surface area contributed by atoms with E-state index in [4.69, 9.17) is 16.3 Å². The molecule has 1 heterocycles. The van der Waals surface area contributed by atoms with Gasteiger partial charge in [-0.1, -0.05) is 41.9 Å². The van der Waals surface area contributed by atoms with Gasteiger partial charge in [-0.15, -0.1) is 0 Å². The Morgan fingerprint density at radius 2 is 1.59 bits per heavy atom. The van der Waals surface area contributed by atoms with Crippen molar-refractivity contribution < 1.29 is 28.3 Å². The van der Waals surface area contributed by atoms with Crippen molar-refractivity contribution in [1.29, 1.82) is 0 Å². The van der Waals surface area contributed by atoms with E-state index in [-0.39, 0.29) is 22.4 Å². The van der Waals surface area contributed by atoms with Crippen LogP contribution in [-0.2, 0) is 14.3 Å². The quantitative estimate of drug-likeness (QED) is 0.260. The normalized spacial score (nSPS) is 15.4. The Bertz CT molecular complexity index is 1240. The number of hydrogen-bond acceptors (Lipinski definition) is 5. The van der Waals surface area contributed by atoms with E-state index in [2.05, 4.69) is 5.32 Å². The first kappa shape index (κ1) is 21.4. The Balaban J connectivity index is 1.72. The molecule has 1 N–H and O–H groups in total. The summed E-state index contributed by atoms with van der Waals surface area (Å²) in [5.74, 6) is -6.60. The Hall–Kier alpha value is -3.84. The third-order valence-corrected chi connectivity index (χ3v) is 5.31. The summed E-state index contributed by atoms with van der Waals surface area (Å²) in [6, 6.07) is 17.3. The highest BCUT2D eigenvalue weighted by molar-refractivity contribution is 6.45. The zero-order valence-corrected chi connectivity index (χ0v) is 17.1. The first-order valence-electron chi connectivity index (χ1n) is 9.56. The lowest BCUT2D eigenvalue weighted by Crippen LogP contribution is -2.38. The van der Waals surface area contributed by atoms with Crippen molar-refractivity contribution in [3.63, 3.8) is 0 Å². The van der Waals surface area contributed by atoms with Crippen molar-refractivity contribution in [2.45, 2.75) is 6.10 Å². The summed E-state index contributed by atoms with van der Waals surface area (Å²) in [6.45, 7) is 0. The summed E-state index contributed by atoms with van der Waals surface area (Å²) in [7, 11) is 0. The number of amides is 1. The van der Waals surface area contributed by atoms with Crippen LogP contribution in [0.3, 0.4) is 0 Å². The molecular formula is C24H15ClFNO5. The molecule has 1 aliphatic rings. The summed E-state index contributed by atoms with van der Waals surface area (Å²) >= 11 is 5.82. The largest absolute Gasteiger partial charge is 0.453 e. The second-order valence-electron chi connectivity index (χ2n) is 7.06. The van der Waals surface area contributed by atoms with Gasteiger partial charge in [-0.05, 0) is 42.5 Å². The van der Waals surface area contributed by atoms with Crippen LogP contribution in [0.4, 0.5) is 10.1 Å². The van der Waals surface area contributed by atoms with Crippen molar-refractivity contribution in [1.82, 2.24) is 0 Å². The van der Waals surface area contributed by atoms with Gasteiger partial charge in [0, 0.05) is 16.3 Å². The number of anilines is 1. The van der Waals surface area contributed by atoms with E-state index >= 15 is 0 Å². The number of fused-ring (bicyclic) bond motifs is 1. The van der Waals surface area contributed by atoms with E-state index in [9.17, 15) is 23.6 Å². The van der Waals surface area contributed by atoms with Crippen LogP contribution in [0.5, 0.6) is 0 Å². The minimum atomic E-state index is -1.77. The maximum absolute atomic E-state index is 14.4. The Kier molecular flexibility index (Phi) is 5.83. The van der Waals surface area contributed by atoms with Gasteiger partial charge in [-0.25, -0.2) is 9.18 Å². The van der Waals surface area contributed by atoms with E-state index in [0.717, 1.165) is 6.07 Å². The van der Waals surface area contributed by atoms with E-state index in [1.54, 1.807) is 12.1 Å². The number of benzene rings is 3. The fourth-order valence-corrected chi connectivity index (χ4v) is 3.64. The van der Waals surface area contributed by atoms with Crippen LogP contribution in [0.15, 0.2) is 72.8 Å². The summed E-state index contributed by atoms with van der Waals surface area (Å²) in [4.78, 5) is 51.5. The highest BCUT2D eigenvalue weighted by atomic mass is 35.5. The van der Waals surface area contributed by atoms with Gasteiger partial charge >= 0.3 is 5.97 Å². The van der Waals surface area contributed by atoms with Crippen molar-refractivity contribution in [2.75, 3.05) is 5.32 Å². The summed E-state index contributed by atoms with van der Waals surface area (Å²) in [5, 5.41) is 2.82. The van der Waals surface area contributed by atoms with Gasteiger partial charge < -0.3 is 10.1 Å². The molecular weight excluding hydrogens is 437 g/mol. The average Bonchev–Trinajstić information content (AvgIpc) is 3.12. The lowest BCUT2D eigenvalue weighted by molar-refractivity contribution is -0.138. The van der Waals surface area contributed by atoms with Crippen molar-refractivity contribution >= 4 is 40.7 Å². The number of ether oxygens (including phenoxy) is 1.